The molecule has 0 atom stereocenters. The summed E-state index contributed by atoms with van der Waals surface area (Å²) in [4.78, 5) is 11.7. The van der Waals surface area contributed by atoms with Crippen LogP contribution >= 0.6 is 0 Å². The van der Waals surface area contributed by atoms with Gasteiger partial charge < -0.3 is 15.0 Å². The molecule has 0 bridgehead atoms. The molecule has 176 valence electrons. The molecule has 3 heterocycles. The standard InChI is InChI=1S/C26H36N6O/c1-18-13-19(2)25(20(3)14-18)33-24-15-23(30-26-27-17-28-32(24)26)29-22-9-11-31(12-10-22)16-21-7-5-4-6-8-21/h13-15,17,21-22H,4-12,16H2,1-3H3,(H,27,28,29,30). The number of hydrogen-bond donors (Lipinski definition) is 1. The maximum atomic E-state index is 6.37. The molecule has 7 heteroatoms. The Morgan fingerprint density at radius 2 is 1.70 bits per heavy atom. The molecule has 0 amide bonds. The predicted octanol–water partition coefficient (Wildman–Crippen LogP) is 5.30. The fraction of sp³-hybridized carbons (Fsp3) is 0.577. The van der Waals surface area contributed by atoms with Gasteiger partial charge in [0.25, 0.3) is 5.78 Å². The molecule has 7 nitrogen and oxygen atoms in total. The van der Waals surface area contributed by atoms with E-state index in [1.54, 1.807) is 4.52 Å². The minimum Gasteiger partial charge on any atom is -0.438 e. The van der Waals surface area contributed by atoms with Crippen LogP contribution in [-0.4, -0.2) is 50.2 Å². The van der Waals surface area contributed by atoms with Crippen molar-refractivity contribution in [1.29, 1.82) is 0 Å². The summed E-state index contributed by atoms with van der Waals surface area (Å²) in [5.41, 5.74) is 3.45. The molecule has 2 fully saturated rings. The number of nitrogens with zero attached hydrogens (tertiary/aromatic N) is 5. The van der Waals surface area contributed by atoms with E-state index >= 15 is 0 Å². The lowest BCUT2D eigenvalue weighted by atomic mass is 9.88. The molecule has 1 aliphatic heterocycles. The first-order chi connectivity index (χ1) is 16.0. The number of hydrogen-bond acceptors (Lipinski definition) is 6. The largest absolute Gasteiger partial charge is 0.438 e. The molecular formula is C26H36N6O. The van der Waals surface area contributed by atoms with Gasteiger partial charge in [-0.1, -0.05) is 37.0 Å². The lowest BCUT2D eigenvalue weighted by Gasteiger charge is -2.35. The van der Waals surface area contributed by atoms with Gasteiger partial charge in [0.1, 0.15) is 17.9 Å². The van der Waals surface area contributed by atoms with Crippen LogP contribution in [0, 0.1) is 26.7 Å². The van der Waals surface area contributed by atoms with Crippen LogP contribution in [0.25, 0.3) is 5.78 Å². The van der Waals surface area contributed by atoms with E-state index < -0.39 is 0 Å². The molecule has 0 radical (unpaired) electrons. The number of aromatic nitrogens is 4. The van der Waals surface area contributed by atoms with Gasteiger partial charge in [0, 0.05) is 31.7 Å². The third-order valence-electron chi connectivity index (χ3n) is 7.21. The second-order valence-electron chi connectivity index (χ2n) is 10.0. The number of aryl methyl sites for hydroxylation is 3. The molecule has 2 aromatic heterocycles. The molecule has 1 N–H and O–H groups in total. The van der Waals surface area contributed by atoms with Crippen LogP contribution < -0.4 is 10.1 Å². The zero-order valence-electron chi connectivity index (χ0n) is 20.2. The van der Waals surface area contributed by atoms with Crippen molar-refractivity contribution in [2.24, 2.45) is 5.92 Å². The van der Waals surface area contributed by atoms with Gasteiger partial charge in [-0.3, -0.25) is 0 Å². The van der Waals surface area contributed by atoms with Gasteiger partial charge in [0.15, 0.2) is 0 Å². The topological polar surface area (TPSA) is 67.6 Å². The van der Waals surface area contributed by atoms with Crippen LogP contribution in [0.1, 0.15) is 61.6 Å². The van der Waals surface area contributed by atoms with E-state index in [-0.39, 0.29) is 0 Å². The highest BCUT2D eigenvalue weighted by atomic mass is 16.5. The molecule has 1 saturated carbocycles. The summed E-state index contributed by atoms with van der Waals surface area (Å²) < 4.78 is 8.03. The number of likely N-dealkylation sites (tertiary alicyclic amines) is 1. The molecule has 0 spiro atoms. The Bertz CT molecular complexity index is 1070. The average Bonchev–Trinajstić information content (AvgIpc) is 3.27. The Labute approximate surface area is 196 Å². The van der Waals surface area contributed by atoms with Gasteiger partial charge >= 0.3 is 0 Å². The lowest BCUT2D eigenvalue weighted by Crippen LogP contribution is -2.41. The van der Waals surface area contributed by atoms with Crippen LogP contribution in [0.5, 0.6) is 11.6 Å². The summed E-state index contributed by atoms with van der Waals surface area (Å²) >= 11 is 0. The molecule has 1 saturated heterocycles. The minimum absolute atomic E-state index is 0.418. The highest BCUT2D eigenvalue weighted by Gasteiger charge is 2.23. The number of benzene rings is 1. The van der Waals surface area contributed by atoms with Crippen LogP contribution in [-0.2, 0) is 0 Å². The van der Waals surface area contributed by atoms with Crippen LogP contribution in [0.15, 0.2) is 24.5 Å². The molecule has 2 aliphatic rings. The van der Waals surface area contributed by atoms with Gasteiger partial charge in [-0.2, -0.15) is 19.6 Å². The highest BCUT2D eigenvalue weighted by molar-refractivity contribution is 5.50. The molecule has 0 unspecified atom stereocenters. The molecule has 3 aromatic rings. The van der Waals surface area contributed by atoms with Crippen molar-refractivity contribution in [2.45, 2.75) is 71.8 Å². The molecular weight excluding hydrogens is 412 g/mol. The van der Waals surface area contributed by atoms with Crippen LogP contribution in [0.4, 0.5) is 5.82 Å². The Kier molecular flexibility index (Phi) is 6.49. The maximum absolute atomic E-state index is 6.37. The van der Waals surface area contributed by atoms with Gasteiger partial charge in [-0.25, -0.2) is 0 Å². The molecule has 5 rings (SSSR count). The Hall–Kier alpha value is -2.67. The van der Waals surface area contributed by atoms with Crippen molar-refractivity contribution in [2.75, 3.05) is 25.0 Å². The maximum Gasteiger partial charge on any atom is 0.257 e. The number of rotatable bonds is 6. The van der Waals surface area contributed by atoms with Crippen molar-refractivity contribution >= 4 is 11.6 Å². The first kappa shape index (κ1) is 22.1. The molecule has 1 aliphatic carbocycles. The summed E-state index contributed by atoms with van der Waals surface area (Å²) in [6.07, 6.45) is 10.9. The fourth-order valence-electron chi connectivity index (χ4n) is 5.57. The Balaban J connectivity index is 1.27. The summed E-state index contributed by atoms with van der Waals surface area (Å²) in [5.74, 6) is 3.76. The van der Waals surface area contributed by atoms with Crippen molar-refractivity contribution in [3.05, 3.63) is 41.2 Å². The Morgan fingerprint density at radius 1 is 0.970 bits per heavy atom. The predicted molar refractivity (Wildman–Crippen MR) is 131 cm³/mol. The van der Waals surface area contributed by atoms with E-state index in [2.05, 4.69) is 58.2 Å². The third kappa shape index (κ3) is 5.13. The summed E-state index contributed by atoms with van der Waals surface area (Å²) in [6.45, 7) is 9.86. The third-order valence-corrected chi connectivity index (χ3v) is 7.21. The number of fused-ring (bicyclic) bond motifs is 1. The minimum atomic E-state index is 0.418. The summed E-state index contributed by atoms with van der Waals surface area (Å²) in [7, 11) is 0. The second kappa shape index (κ2) is 9.67. The van der Waals surface area contributed by atoms with E-state index in [1.807, 2.05) is 6.07 Å². The molecule has 1 aromatic carbocycles. The number of nitrogens with one attached hydrogen (secondary N) is 1. The number of ether oxygens (including phenoxy) is 1. The van der Waals surface area contributed by atoms with Gasteiger partial charge in [-0.05, 0) is 63.5 Å². The fourth-order valence-corrected chi connectivity index (χ4v) is 5.57. The SMILES string of the molecule is Cc1cc(C)c(Oc2cc(NC3CCN(CC4CCCCC4)CC3)nc3ncnn23)c(C)c1. The molecule has 33 heavy (non-hydrogen) atoms. The number of piperidine rings is 1. The Morgan fingerprint density at radius 3 is 2.42 bits per heavy atom. The average molecular weight is 449 g/mol. The van der Waals surface area contributed by atoms with Crippen LogP contribution in [0.3, 0.4) is 0 Å². The van der Waals surface area contributed by atoms with E-state index in [9.17, 15) is 0 Å². The lowest BCUT2D eigenvalue weighted by molar-refractivity contribution is 0.168. The zero-order valence-corrected chi connectivity index (χ0v) is 20.2. The van der Waals surface area contributed by atoms with Gasteiger partial charge in [-0.15, -0.1) is 0 Å². The van der Waals surface area contributed by atoms with E-state index in [0.29, 0.717) is 17.7 Å². The van der Waals surface area contributed by atoms with Crippen LogP contribution in [0.2, 0.25) is 0 Å². The monoisotopic (exact) mass is 448 g/mol. The second-order valence-corrected chi connectivity index (χ2v) is 10.0. The van der Waals surface area contributed by atoms with Gasteiger partial charge in [0.05, 0.1) is 0 Å². The van der Waals surface area contributed by atoms with E-state index in [0.717, 1.165) is 54.5 Å². The van der Waals surface area contributed by atoms with Crippen molar-refractivity contribution in [3.63, 3.8) is 0 Å². The first-order valence-electron chi connectivity index (χ1n) is 12.5. The summed E-state index contributed by atoms with van der Waals surface area (Å²) in [6, 6.07) is 6.65. The summed E-state index contributed by atoms with van der Waals surface area (Å²) in [5, 5.41) is 7.98. The van der Waals surface area contributed by atoms with Crippen molar-refractivity contribution in [1.82, 2.24) is 24.5 Å². The van der Waals surface area contributed by atoms with Crippen molar-refractivity contribution < 1.29 is 4.74 Å². The normalized spacial score (nSPS) is 18.6. The quantitative estimate of drug-likeness (QED) is 0.552. The highest BCUT2D eigenvalue weighted by Crippen LogP contribution is 2.31. The van der Waals surface area contributed by atoms with Crippen molar-refractivity contribution in [3.8, 4) is 11.6 Å². The number of anilines is 1. The van der Waals surface area contributed by atoms with E-state index in [4.69, 9.17) is 4.74 Å². The van der Waals surface area contributed by atoms with Gasteiger partial charge in [0.2, 0.25) is 5.88 Å². The first-order valence-corrected chi connectivity index (χ1v) is 12.5. The smallest absolute Gasteiger partial charge is 0.257 e. The van der Waals surface area contributed by atoms with E-state index in [1.165, 1.54) is 50.5 Å². The zero-order chi connectivity index (χ0) is 22.8.